The Labute approximate surface area is 163 Å². The van der Waals surface area contributed by atoms with Crippen molar-refractivity contribution in [1.82, 2.24) is 0 Å². The van der Waals surface area contributed by atoms with E-state index in [9.17, 15) is 9.59 Å². The molecule has 0 N–H and O–H groups in total. The van der Waals surface area contributed by atoms with E-state index >= 15 is 0 Å². The number of esters is 1. The van der Waals surface area contributed by atoms with Crippen LogP contribution in [0.25, 0.3) is 0 Å². The van der Waals surface area contributed by atoms with Gasteiger partial charge in [-0.25, -0.2) is 4.79 Å². The van der Waals surface area contributed by atoms with Crippen molar-refractivity contribution in [3.63, 3.8) is 0 Å². The maximum absolute atomic E-state index is 12.9. The van der Waals surface area contributed by atoms with Gasteiger partial charge in [0.25, 0.3) is 0 Å². The van der Waals surface area contributed by atoms with E-state index in [2.05, 4.69) is 5.16 Å². The fourth-order valence-electron chi connectivity index (χ4n) is 2.80. The molecule has 0 spiro atoms. The number of benzene rings is 3. The van der Waals surface area contributed by atoms with Crippen LogP contribution < -0.4 is 4.74 Å². The maximum Gasteiger partial charge on any atom is 0.344 e. The first-order valence-electron chi connectivity index (χ1n) is 8.70. The highest BCUT2D eigenvalue weighted by molar-refractivity contribution is 6.14. The van der Waals surface area contributed by atoms with Crippen molar-refractivity contribution in [3.8, 4) is 5.75 Å². The van der Waals surface area contributed by atoms with E-state index in [0.717, 1.165) is 0 Å². The Bertz CT molecular complexity index is 1030. The van der Waals surface area contributed by atoms with Gasteiger partial charge >= 0.3 is 5.97 Å². The predicted octanol–water partition coefficient (Wildman–Crippen LogP) is 4.51. The largest absolute Gasteiger partial charge is 0.422 e. The van der Waals surface area contributed by atoms with Gasteiger partial charge < -0.3 is 9.57 Å². The molecule has 5 heteroatoms. The topological polar surface area (TPSA) is 65.0 Å². The minimum absolute atomic E-state index is 0.201. The summed E-state index contributed by atoms with van der Waals surface area (Å²) in [6.07, 6.45) is 0. The first-order valence-corrected chi connectivity index (χ1v) is 8.70. The highest BCUT2D eigenvalue weighted by Crippen LogP contribution is 2.22. The molecule has 0 heterocycles. The van der Waals surface area contributed by atoms with Crippen molar-refractivity contribution in [3.05, 3.63) is 101 Å². The van der Waals surface area contributed by atoms with E-state index in [-0.39, 0.29) is 11.3 Å². The van der Waals surface area contributed by atoms with E-state index in [1.165, 1.54) is 7.11 Å². The van der Waals surface area contributed by atoms with Crippen molar-refractivity contribution in [2.45, 2.75) is 6.92 Å². The number of nitrogens with zero attached hydrogens (tertiary/aromatic N) is 1. The molecule has 3 aromatic rings. The van der Waals surface area contributed by atoms with E-state index in [0.29, 0.717) is 28.2 Å². The second kappa shape index (κ2) is 8.77. The summed E-state index contributed by atoms with van der Waals surface area (Å²) in [5.41, 5.74) is 2.20. The van der Waals surface area contributed by atoms with Gasteiger partial charge in [0.1, 0.15) is 12.9 Å². The lowest BCUT2D eigenvalue weighted by Crippen LogP contribution is -2.16. The first kappa shape index (κ1) is 19.0. The molecule has 0 aliphatic carbocycles. The van der Waals surface area contributed by atoms with Gasteiger partial charge in [-0.15, -0.1) is 0 Å². The van der Waals surface area contributed by atoms with Crippen molar-refractivity contribution in [2.75, 3.05) is 7.11 Å². The third kappa shape index (κ3) is 4.15. The standard InChI is InChI=1S/C23H19NO4/c1-16(24-27-2)18-12-8-9-15-21(18)28-23(26)20-14-7-6-13-19(20)22(25)17-10-4-3-5-11-17/h3-15H,1-2H3/b24-16+. The van der Waals surface area contributed by atoms with Gasteiger partial charge in [0.05, 0.1) is 11.3 Å². The summed E-state index contributed by atoms with van der Waals surface area (Å²) in [4.78, 5) is 30.5. The Balaban J connectivity index is 1.94. The van der Waals surface area contributed by atoms with Crippen LogP contribution in [-0.2, 0) is 4.84 Å². The van der Waals surface area contributed by atoms with Gasteiger partial charge in [0, 0.05) is 16.7 Å². The van der Waals surface area contributed by atoms with E-state index in [4.69, 9.17) is 9.57 Å². The van der Waals surface area contributed by atoms with Crippen LogP contribution in [-0.4, -0.2) is 24.6 Å². The summed E-state index contributed by atoms with van der Waals surface area (Å²) in [6, 6.07) is 22.5. The van der Waals surface area contributed by atoms with Gasteiger partial charge in [-0.1, -0.05) is 65.8 Å². The van der Waals surface area contributed by atoms with Gasteiger partial charge in [0.15, 0.2) is 5.78 Å². The first-order chi connectivity index (χ1) is 13.6. The Kier molecular flexibility index (Phi) is 5.97. The predicted molar refractivity (Wildman–Crippen MR) is 107 cm³/mol. The Morgan fingerprint density at radius 1 is 0.750 bits per heavy atom. The smallest absolute Gasteiger partial charge is 0.344 e. The average molecular weight is 373 g/mol. The quantitative estimate of drug-likeness (QED) is 0.210. The lowest BCUT2D eigenvalue weighted by molar-refractivity contribution is 0.0730. The van der Waals surface area contributed by atoms with Crippen LogP contribution in [0, 0.1) is 0 Å². The van der Waals surface area contributed by atoms with Crippen molar-refractivity contribution >= 4 is 17.5 Å². The summed E-state index contributed by atoms with van der Waals surface area (Å²) in [5, 5.41) is 3.89. The molecule has 0 atom stereocenters. The lowest BCUT2D eigenvalue weighted by Gasteiger charge is -2.11. The molecule has 3 rings (SSSR count). The number of ketones is 1. The molecule has 28 heavy (non-hydrogen) atoms. The van der Waals surface area contributed by atoms with Crippen LogP contribution >= 0.6 is 0 Å². The highest BCUT2D eigenvalue weighted by Gasteiger charge is 2.20. The highest BCUT2D eigenvalue weighted by atomic mass is 16.6. The molecule has 0 aliphatic rings. The van der Waals surface area contributed by atoms with Crippen LogP contribution in [0.4, 0.5) is 0 Å². The number of para-hydroxylation sites is 1. The van der Waals surface area contributed by atoms with Gasteiger partial charge in [0.2, 0.25) is 0 Å². The summed E-state index contributed by atoms with van der Waals surface area (Å²) >= 11 is 0. The zero-order valence-corrected chi connectivity index (χ0v) is 15.6. The van der Waals surface area contributed by atoms with Crippen LogP contribution in [0.15, 0.2) is 84.0 Å². The average Bonchev–Trinajstić information content (AvgIpc) is 2.74. The lowest BCUT2D eigenvalue weighted by atomic mass is 9.98. The molecule has 0 saturated heterocycles. The number of rotatable bonds is 6. The molecule has 0 amide bonds. The van der Waals surface area contributed by atoms with Crippen molar-refractivity contribution in [1.29, 1.82) is 0 Å². The molecule has 5 nitrogen and oxygen atoms in total. The molecule has 140 valence electrons. The summed E-state index contributed by atoms with van der Waals surface area (Å²) in [5.74, 6) is -0.510. The molecule has 0 saturated carbocycles. The second-order valence-electron chi connectivity index (χ2n) is 5.99. The summed E-state index contributed by atoms with van der Waals surface area (Å²) in [7, 11) is 1.45. The molecule has 3 aromatic carbocycles. The van der Waals surface area contributed by atoms with Crippen LogP contribution in [0.5, 0.6) is 5.75 Å². The number of carbonyl (C=O) groups excluding carboxylic acids is 2. The van der Waals surface area contributed by atoms with Crippen LogP contribution in [0.3, 0.4) is 0 Å². The van der Waals surface area contributed by atoms with E-state index < -0.39 is 5.97 Å². The van der Waals surface area contributed by atoms with Gasteiger partial charge in [-0.3, -0.25) is 4.79 Å². The summed E-state index contributed by atoms with van der Waals surface area (Å²) in [6.45, 7) is 1.75. The van der Waals surface area contributed by atoms with Crippen molar-refractivity contribution < 1.29 is 19.2 Å². The molecule has 0 bridgehead atoms. The minimum Gasteiger partial charge on any atom is -0.422 e. The maximum atomic E-state index is 12.9. The fraction of sp³-hybridized carbons (Fsp3) is 0.0870. The second-order valence-corrected chi connectivity index (χ2v) is 5.99. The monoisotopic (exact) mass is 373 g/mol. The van der Waals surface area contributed by atoms with Crippen LogP contribution in [0.2, 0.25) is 0 Å². The zero-order chi connectivity index (χ0) is 19.9. The number of carbonyl (C=O) groups is 2. The SMILES string of the molecule is CO/N=C(\C)c1ccccc1OC(=O)c1ccccc1C(=O)c1ccccc1. The van der Waals surface area contributed by atoms with Gasteiger partial charge in [-0.05, 0) is 25.1 Å². The number of oxime groups is 1. The number of hydrogen-bond acceptors (Lipinski definition) is 5. The fourth-order valence-corrected chi connectivity index (χ4v) is 2.80. The van der Waals surface area contributed by atoms with E-state index in [1.54, 1.807) is 73.7 Å². The molecular formula is C23H19NO4. The minimum atomic E-state index is -0.613. The van der Waals surface area contributed by atoms with Crippen LogP contribution in [0.1, 0.15) is 38.8 Å². The summed E-state index contributed by atoms with van der Waals surface area (Å²) < 4.78 is 5.60. The molecule has 0 aliphatic heterocycles. The Morgan fingerprint density at radius 3 is 2.00 bits per heavy atom. The number of ether oxygens (including phenoxy) is 1. The Hall–Kier alpha value is -3.73. The molecule has 0 radical (unpaired) electrons. The third-order valence-electron chi connectivity index (χ3n) is 4.14. The molecular weight excluding hydrogens is 354 g/mol. The van der Waals surface area contributed by atoms with Crippen molar-refractivity contribution in [2.24, 2.45) is 5.16 Å². The molecule has 0 unspecified atom stereocenters. The number of hydrogen-bond donors (Lipinski definition) is 0. The normalized spacial score (nSPS) is 11.0. The molecule has 0 fully saturated rings. The third-order valence-corrected chi connectivity index (χ3v) is 4.14. The molecule has 0 aromatic heterocycles. The van der Waals surface area contributed by atoms with Gasteiger partial charge in [-0.2, -0.15) is 0 Å². The van der Waals surface area contributed by atoms with E-state index in [1.807, 2.05) is 12.1 Å². The Morgan fingerprint density at radius 2 is 1.32 bits per heavy atom. The zero-order valence-electron chi connectivity index (χ0n) is 15.6.